The molecule has 2 aliphatic heterocycles. The van der Waals surface area contributed by atoms with Gasteiger partial charge in [-0.15, -0.1) is 0 Å². The van der Waals surface area contributed by atoms with Crippen LogP contribution in [0.5, 0.6) is 0 Å². The van der Waals surface area contributed by atoms with Gasteiger partial charge in [-0.2, -0.15) is 4.98 Å². The van der Waals surface area contributed by atoms with Gasteiger partial charge < -0.3 is 9.42 Å². The lowest BCUT2D eigenvalue weighted by atomic mass is 10.0. The molecule has 3 aromatic heterocycles. The molecule has 156 valence electrons. The summed E-state index contributed by atoms with van der Waals surface area (Å²) in [6.07, 6.45) is 11.2. The number of piperidine rings is 1. The highest BCUT2D eigenvalue weighted by atomic mass is 16.5. The van der Waals surface area contributed by atoms with Crippen LogP contribution in [-0.2, 0) is 4.79 Å². The minimum atomic E-state index is 0.151. The van der Waals surface area contributed by atoms with Crippen molar-refractivity contribution < 1.29 is 9.32 Å². The number of carbonyl (C=O) groups excluding carboxylic acids is 1. The first kappa shape index (κ1) is 18.9. The highest BCUT2D eigenvalue weighted by Gasteiger charge is 2.37. The predicted molar refractivity (Wildman–Crippen MR) is 109 cm³/mol. The van der Waals surface area contributed by atoms with E-state index in [4.69, 9.17) is 9.51 Å². The number of rotatable bonds is 4. The summed E-state index contributed by atoms with van der Waals surface area (Å²) in [6, 6.07) is 4.47. The lowest BCUT2D eigenvalue weighted by Crippen LogP contribution is -2.46. The monoisotopic (exact) mass is 407 g/mol. The van der Waals surface area contributed by atoms with Crippen LogP contribution in [0.4, 0.5) is 0 Å². The molecular weight excluding hydrogens is 382 g/mol. The Balaban J connectivity index is 1.29. The Hall–Kier alpha value is -3.07. The lowest BCUT2D eigenvalue weighted by molar-refractivity contribution is -0.130. The van der Waals surface area contributed by atoms with Crippen molar-refractivity contribution in [3.05, 3.63) is 42.9 Å². The van der Waals surface area contributed by atoms with Crippen LogP contribution >= 0.6 is 0 Å². The van der Waals surface area contributed by atoms with Crippen molar-refractivity contribution in [2.75, 3.05) is 19.6 Å². The van der Waals surface area contributed by atoms with Gasteiger partial charge >= 0.3 is 0 Å². The Morgan fingerprint density at radius 1 is 1.17 bits per heavy atom. The Kier molecular flexibility index (Phi) is 5.04. The van der Waals surface area contributed by atoms with Crippen LogP contribution in [0.3, 0.4) is 0 Å². The van der Waals surface area contributed by atoms with E-state index < -0.39 is 0 Å². The minimum Gasteiger partial charge on any atom is -0.343 e. The van der Waals surface area contributed by atoms with Crippen molar-refractivity contribution in [1.29, 1.82) is 0 Å². The van der Waals surface area contributed by atoms with Crippen molar-refractivity contribution in [3.63, 3.8) is 0 Å². The molecule has 30 heavy (non-hydrogen) atoms. The van der Waals surface area contributed by atoms with Gasteiger partial charge in [0.2, 0.25) is 17.6 Å². The molecule has 5 heterocycles. The molecule has 2 fully saturated rings. The molecule has 1 atom stereocenters. The van der Waals surface area contributed by atoms with Gasteiger partial charge in [0, 0.05) is 50.2 Å². The molecule has 0 aromatic carbocycles. The summed E-state index contributed by atoms with van der Waals surface area (Å²) in [5, 5.41) is 4.21. The average Bonchev–Trinajstić information content (AvgIpc) is 3.55. The normalized spacial score (nSPS) is 20.7. The second kappa shape index (κ2) is 7.98. The van der Waals surface area contributed by atoms with Gasteiger partial charge in [0.05, 0.1) is 6.04 Å². The minimum absolute atomic E-state index is 0.151. The molecule has 5 rings (SSSR count). The molecule has 0 radical (unpaired) electrons. The molecule has 2 saturated heterocycles. The zero-order valence-electron chi connectivity index (χ0n) is 17.0. The van der Waals surface area contributed by atoms with Crippen molar-refractivity contribution in [1.82, 2.24) is 34.5 Å². The molecule has 9 nitrogen and oxygen atoms in total. The van der Waals surface area contributed by atoms with Crippen molar-refractivity contribution in [3.8, 4) is 17.2 Å². The van der Waals surface area contributed by atoms with Gasteiger partial charge in [-0.3, -0.25) is 14.3 Å². The molecule has 1 amide bonds. The fourth-order valence-electron chi connectivity index (χ4n) is 4.56. The second-order valence-corrected chi connectivity index (χ2v) is 7.96. The molecule has 3 aromatic rings. The molecular formula is C21H25N7O2. The Bertz CT molecular complexity index is 991. The predicted octanol–water partition coefficient (Wildman–Crippen LogP) is 2.47. The summed E-state index contributed by atoms with van der Waals surface area (Å²) in [7, 11) is 0. The summed E-state index contributed by atoms with van der Waals surface area (Å²) < 4.78 is 7.52. The first-order chi connectivity index (χ1) is 14.7. The van der Waals surface area contributed by atoms with Crippen molar-refractivity contribution in [2.45, 2.75) is 44.7 Å². The van der Waals surface area contributed by atoms with Gasteiger partial charge in [-0.25, -0.2) is 9.97 Å². The molecule has 2 aliphatic rings. The third-order valence-corrected chi connectivity index (χ3v) is 6.17. The highest BCUT2D eigenvalue weighted by molar-refractivity contribution is 5.73. The maximum atomic E-state index is 11.6. The van der Waals surface area contributed by atoms with Gasteiger partial charge in [0.15, 0.2) is 0 Å². The van der Waals surface area contributed by atoms with E-state index in [0.29, 0.717) is 17.8 Å². The topological polar surface area (TPSA) is 93.2 Å². The first-order valence-electron chi connectivity index (χ1n) is 10.5. The number of amides is 1. The smallest absolute Gasteiger partial charge is 0.244 e. The van der Waals surface area contributed by atoms with Crippen LogP contribution in [0.1, 0.15) is 44.5 Å². The summed E-state index contributed by atoms with van der Waals surface area (Å²) >= 11 is 0. The zero-order chi connectivity index (χ0) is 20.5. The first-order valence-corrected chi connectivity index (χ1v) is 10.5. The van der Waals surface area contributed by atoms with E-state index in [9.17, 15) is 4.79 Å². The molecule has 9 heteroatoms. The third kappa shape index (κ3) is 3.60. The molecule has 1 unspecified atom stereocenters. The number of aromatic nitrogens is 5. The number of likely N-dealkylation sites (tertiary alicyclic amines) is 2. The van der Waals surface area contributed by atoms with Crippen molar-refractivity contribution in [2.24, 2.45) is 0 Å². The van der Waals surface area contributed by atoms with Gasteiger partial charge in [0.25, 0.3) is 0 Å². The second-order valence-electron chi connectivity index (χ2n) is 7.96. The Morgan fingerprint density at radius 3 is 2.73 bits per heavy atom. The largest absolute Gasteiger partial charge is 0.343 e. The lowest BCUT2D eigenvalue weighted by Gasteiger charge is -2.38. The summed E-state index contributed by atoms with van der Waals surface area (Å²) in [5.74, 6) is 2.20. The SMILES string of the molecule is CC(=O)N1CCC(N2CCCC2c2nc(-c3ccc(-n4ccnc4)nc3)no2)CC1. The summed E-state index contributed by atoms with van der Waals surface area (Å²) in [4.78, 5) is 29.3. The van der Waals surface area contributed by atoms with Crippen LogP contribution in [0.25, 0.3) is 17.2 Å². The van der Waals surface area contributed by atoms with Gasteiger partial charge in [0.1, 0.15) is 12.1 Å². The fourth-order valence-corrected chi connectivity index (χ4v) is 4.56. The van der Waals surface area contributed by atoms with Crippen LogP contribution in [0, 0.1) is 0 Å². The Morgan fingerprint density at radius 2 is 2.03 bits per heavy atom. The standard InChI is InChI=1S/C21H25N7O2/c1-15(29)26-10-6-17(7-11-26)28-9-2-3-18(28)21-24-20(25-30-21)16-4-5-19(23-13-16)27-12-8-22-14-27/h4-5,8,12-14,17-18H,2-3,6-7,9-11H2,1H3. The quantitative estimate of drug-likeness (QED) is 0.656. The number of pyridine rings is 1. The van der Waals surface area contributed by atoms with E-state index in [0.717, 1.165) is 56.7 Å². The average molecular weight is 407 g/mol. The number of hydrogen-bond donors (Lipinski definition) is 0. The maximum absolute atomic E-state index is 11.6. The molecule has 0 spiro atoms. The van der Waals surface area contributed by atoms with Crippen LogP contribution < -0.4 is 0 Å². The van der Waals surface area contributed by atoms with Gasteiger partial charge in [-0.05, 0) is 44.4 Å². The van der Waals surface area contributed by atoms with E-state index >= 15 is 0 Å². The van der Waals surface area contributed by atoms with E-state index in [-0.39, 0.29) is 11.9 Å². The van der Waals surface area contributed by atoms with E-state index in [1.54, 1.807) is 25.6 Å². The number of imidazole rings is 1. The van der Waals surface area contributed by atoms with E-state index in [1.165, 1.54) is 0 Å². The third-order valence-electron chi connectivity index (χ3n) is 6.17. The molecule has 0 aliphatic carbocycles. The van der Waals surface area contributed by atoms with E-state index in [2.05, 4.69) is 20.0 Å². The fraction of sp³-hybridized carbons (Fsp3) is 0.476. The zero-order valence-corrected chi connectivity index (χ0v) is 17.0. The van der Waals surface area contributed by atoms with Crippen LogP contribution in [0.15, 0.2) is 41.6 Å². The molecule has 0 bridgehead atoms. The molecule has 0 saturated carbocycles. The number of hydrogen-bond acceptors (Lipinski definition) is 7. The molecule has 0 N–H and O–H groups in total. The van der Waals surface area contributed by atoms with Gasteiger partial charge in [-0.1, -0.05) is 5.16 Å². The van der Waals surface area contributed by atoms with Crippen LogP contribution in [0.2, 0.25) is 0 Å². The summed E-state index contributed by atoms with van der Waals surface area (Å²) in [6.45, 7) is 4.34. The number of nitrogens with zero attached hydrogens (tertiary/aromatic N) is 7. The highest BCUT2D eigenvalue weighted by Crippen LogP contribution is 2.36. The Labute approximate surface area is 174 Å². The maximum Gasteiger partial charge on any atom is 0.244 e. The summed E-state index contributed by atoms with van der Waals surface area (Å²) in [5.41, 5.74) is 0.827. The number of carbonyl (C=O) groups is 1. The van der Waals surface area contributed by atoms with E-state index in [1.807, 2.05) is 27.8 Å². The van der Waals surface area contributed by atoms with Crippen LogP contribution in [-0.4, -0.2) is 66.1 Å². The van der Waals surface area contributed by atoms with Crippen molar-refractivity contribution >= 4 is 5.91 Å².